The minimum absolute atomic E-state index is 0.0557. The van der Waals surface area contributed by atoms with Gasteiger partial charge in [-0.1, -0.05) is 12.1 Å². The Labute approximate surface area is 136 Å². The summed E-state index contributed by atoms with van der Waals surface area (Å²) < 4.78 is 64.5. The Morgan fingerprint density at radius 2 is 2.04 bits per heavy atom. The largest absolute Gasteiger partial charge is 0.389 e. The second-order valence-corrected chi connectivity index (χ2v) is 7.60. The number of rotatable bonds is 6. The maximum absolute atomic E-state index is 12.1. The van der Waals surface area contributed by atoms with Crippen LogP contribution in [0.4, 0.5) is 13.2 Å². The van der Waals surface area contributed by atoms with E-state index < -0.39 is 34.9 Å². The predicted octanol–water partition coefficient (Wildman–Crippen LogP) is 4.17. The molecule has 0 aliphatic rings. The van der Waals surface area contributed by atoms with Gasteiger partial charge in [0.2, 0.25) is 0 Å². The minimum Gasteiger partial charge on any atom is -0.382 e. The molecule has 0 saturated heterocycles. The molecule has 4 nitrogen and oxygen atoms in total. The van der Waals surface area contributed by atoms with Gasteiger partial charge >= 0.3 is 16.3 Å². The number of nitrogens with zero attached hydrogens (tertiary/aromatic N) is 1. The Kier molecular flexibility index (Phi) is 5.30. The van der Waals surface area contributed by atoms with Gasteiger partial charge in [-0.15, -0.1) is 11.3 Å². The van der Waals surface area contributed by atoms with E-state index in [0.29, 0.717) is 11.3 Å². The Balaban J connectivity index is 2.05. The van der Waals surface area contributed by atoms with Crippen LogP contribution in [0.2, 0.25) is 0 Å². The molecule has 2 aromatic rings. The molecule has 0 unspecified atom stereocenters. The van der Waals surface area contributed by atoms with Crippen LogP contribution in [0.5, 0.6) is 5.75 Å². The van der Waals surface area contributed by atoms with Crippen molar-refractivity contribution in [3.05, 3.63) is 34.7 Å². The third-order valence-electron chi connectivity index (χ3n) is 2.83. The van der Waals surface area contributed by atoms with Gasteiger partial charge in [-0.25, -0.2) is 4.98 Å². The van der Waals surface area contributed by atoms with Gasteiger partial charge in [0.15, 0.2) is 0 Å². The van der Waals surface area contributed by atoms with Crippen molar-refractivity contribution in [3.63, 3.8) is 0 Å². The highest BCUT2D eigenvalue weighted by Crippen LogP contribution is 2.26. The third kappa shape index (κ3) is 5.83. The molecule has 0 amide bonds. The zero-order valence-corrected chi connectivity index (χ0v) is 13.8. The molecule has 0 saturated carbocycles. The van der Waals surface area contributed by atoms with Crippen molar-refractivity contribution in [3.8, 4) is 17.0 Å². The summed E-state index contributed by atoms with van der Waals surface area (Å²) in [4.78, 5) is 4.28. The van der Waals surface area contributed by atoms with E-state index in [9.17, 15) is 21.6 Å². The maximum atomic E-state index is 12.1. The van der Waals surface area contributed by atoms with Gasteiger partial charge in [0.05, 0.1) is 16.5 Å². The average Bonchev–Trinajstić information content (AvgIpc) is 2.83. The Morgan fingerprint density at radius 3 is 2.65 bits per heavy atom. The summed E-state index contributed by atoms with van der Waals surface area (Å²) in [5.41, 5.74) is 1.37. The summed E-state index contributed by atoms with van der Waals surface area (Å²) in [6, 6.07) is 6.28. The van der Waals surface area contributed by atoms with Crippen molar-refractivity contribution < 1.29 is 25.8 Å². The van der Waals surface area contributed by atoms with Crippen LogP contribution in [0.25, 0.3) is 11.3 Å². The standard InChI is InChI=1S/C14H14F3NO3S2/c1-10-18-13(9-22-10)11-4-2-5-12(8-11)21-23(19,20)7-3-6-14(15,16)17/h2,4-5,8-9H,3,6-7H2,1H3. The highest BCUT2D eigenvalue weighted by atomic mass is 32.2. The van der Waals surface area contributed by atoms with Gasteiger partial charge in [-0.3, -0.25) is 0 Å². The van der Waals surface area contributed by atoms with Crippen molar-refractivity contribution >= 4 is 21.5 Å². The second kappa shape index (κ2) is 6.88. The molecule has 0 bridgehead atoms. The molecule has 0 atom stereocenters. The highest BCUT2D eigenvalue weighted by molar-refractivity contribution is 7.87. The van der Waals surface area contributed by atoms with Crippen molar-refractivity contribution in [2.24, 2.45) is 0 Å². The fourth-order valence-electron chi connectivity index (χ4n) is 1.84. The van der Waals surface area contributed by atoms with E-state index in [4.69, 9.17) is 4.18 Å². The molecule has 1 heterocycles. The Morgan fingerprint density at radius 1 is 1.30 bits per heavy atom. The molecule has 23 heavy (non-hydrogen) atoms. The van der Waals surface area contributed by atoms with Gasteiger partial charge in [-0.2, -0.15) is 21.6 Å². The minimum atomic E-state index is -4.38. The van der Waals surface area contributed by atoms with Crippen LogP contribution < -0.4 is 4.18 Å². The molecule has 0 aliphatic carbocycles. The predicted molar refractivity (Wildman–Crippen MR) is 82.0 cm³/mol. The summed E-state index contributed by atoms with van der Waals surface area (Å²) in [6.07, 6.45) is -6.07. The number of halogens is 3. The number of hydrogen-bond acceptors (Lipinski definition) is 5. The van der Waals surface area contributed by atoms with E-state index in [-0.39, 0.29) is 5.75 Å². The fourth-order valence-corrected chi connectivity index (χ4v) is 3.44. The quantitative estimate of drug-likeness (QED) is 0.721. The topological polar surface area (TPSA) is 56.3 Å². The highest BCUT2D eigenvalue weighted by Gasteiger charge is 2.27. The van der Waals surface area contributed by atoms with Crippen LogP contribution in [0.15, 0.2) is 29.6 Å². The number of aromatic nitrogens is 1. The molecule has 0 spiro atoms. The van der Waals surface area contributed by atoms with Crippen LogP contribution >= 0.6 is 11.3 Å². The molecule has 1 aromatic carbocycles. The smallest absolute Gasteiger partial charge is 0.382 e. The zero-order chi connectivity index (χ0) is 17.1. The van der Waals surface area contributed by atoms with Gasteiger partial charge in [0, 0.05) is 17.4 Å². The molecule has 0 aliphatic heterocycles. The SMILES string of the molecule is Cc1nc(-c2cccc(OS(=O)(=O)CCCC(F)(F)F)c2)cs1. The van der Waals surface area contributed by atoms with Crippen LogP contribution in [0, 0.1) is 6.92 Å². The summed E-state index contributed by atoms with van der Waals surface area (Å²) in [7, 11) is -4.07. The average molecular weight is 365 g/mol. The zero-order valence-electron chi connectivity index (χ0n) is 12.1. The van der Waals surface area contributed by atoms with Gasteiger partial charge in [0.25, 0.3) is 0 Å². The first-order valence-corrected chi connectivity index (χ1v) is 9.12. The van der Waals surface area contributed by atoms with Crippen LogP contribution in [-0.2, 0) is 10.1 Å². The first-order chi connectivity index (χ1) is 10.6. The third-order valence-corrected chi connectivity index (χ3v) is 4.84. The lowest BCUT2D eigenvalue weighted by atomic mass is 10.2. The van der Waals surface area contributed by atoms with E-state index in [2.05, 4.69) is 4.98 Å². The molecule has 126 valence electrons. The number of aryl methyl sites for hydroxylation is 1. The van der Waals surface area contributed by atoms with E-state index in [0.717, 1.165) is 5.01 Å². The first kappa shape index (κ1) is 17.7. The van der Waals surface area contributed by atoms with Gasteiger partial charge in [0.1, 0.15) is 5.75 Å². The van der Waals surface area contributed by atoms with E-state index in [1.54, 1.807) is 12.1 Å². The lowest BCUT2D eigenvalue weighted by Gasteiger charge is -2.09. The van der Waals surface area contributed by atoms with E-state index >= 15 is 0 Å². The molecule has 0 fully saturated rings. The summed E-state index contributed by atoms with van der Waals surface area (Å²) in [5.74, 6) is -0.632. The number of thiazole rings is 1. The number of benzene rings is 1. The van der Waals surface area contributed by atoms with Crippen molar-refractivity contribution in [2.75, 3.05) is 5.75 Å². The van der Waals surface area contributed by atoms with E-state index in [1.807, 2.05) is 12.3 Å². The Hall–Kier alpha value is -1.61. The second-order valence-electron chi connectivity index (χ2n) is 4.84. The summed E-state index contributed by atoms with van der Waals surface area (Å²) in [5, 5.41) is 2.69. The van der Waals surface area contributed by atoms with Crippen molar-refractivity contribution in [2.45, 2.75) is 25.9 Å². The Bertz CT molecular complexity index is 770. The van der Waals surface area contributed by atoms with Crippen molar-refractivity contribution in [1.82, 2.24) is 4.98 Å². The van der Waals surface area contributed by atoms with Crippen LogP contribution in [0.1, 0.15) is 17.8 Å². The maximum Gasteiger partial charge on any atom is 0.389 e. The van der Waals surface area contributed by atoms with Gasteiger partial charge < -0.3 is 4.18 Å². The van der Waals surface area contributed by atoms with Crippen LogP contribution in [-0.4, -0.2) is 25.3 Å². The monoisotopic (exact) mass is 365 g/mol. The van der Waals surface area contributed by atoms with E-state index in [1.165, 1.54) is 23.5 Å². The molecule has 2 rings (SSSR count). The molecule has 1 aromatic heterocycles. The lowest BCUT2D eigenvalue weighted by Crippen LogP contribution is -2.16. The molecule has 9 heteroatoms. The first-order valence-electron chi connectivity index (χ1n) is 6.66. The van der Waals surface area contributed by atoms with Gasteiger partial charge in [-0.05, 0) is 25.5 Å². The summed E-state index contributed by atoms with van der Waals surface area (Å²) >= 11 is 1.45. The molecular weight excluding hydrogens is 351 g/mol. The molecular formula is C14H14F3NO3S2. The molecule has 0 radical (unpaired) electrons. The normalized spacial score (nSPS) is 12.3. The molecule has 0 N–H and O–H groups in total. The van der Waals surface area contributed by atoms with Crippen molar-refractivity contribution in [1.29, 1.82) is 0 Å². The summed E-state index contributed by atoms with van der Waals surface area (Å²) in [6.45, 7) is 1.85. The number of hydrogen-bond donors (Lipinski definition) is 0. The number of alkyl halides is 3. The van der Waals surface area contributed by atoms with Crippen LogP contribution in [0.3, 0.4) is 0 Å². The fraction of sp³-hybridized carbons (Fsp3) is 0.357. The lowest BCUT2D eigenvalue weighted by molar-refractivity contribution is -0.134.